The summed E-state index contributed by atoms with van der Waals surface area (Å²) in [5.41, 5.74) is 0. The van der Waals surface area contributed by atoms with Gasteiger partial charge in [-0.2, -0.15) is 0 Å². The van der Waals surface area contributed by atoms with Gasteiger partial charge in [-0.1, -0.05) is 31.4 Å². The third-order valence-corrected chi connectivity index (χ3v) is 4.57. The molecule has 0 unspecified atom stereocenters. The summed E-state index contributed by atoms with van der Waals surface area (Å²) in [4.78, 5) is 11.9. The molecule has 2 rings (SSSR count). The second-order valence-corrected chi connectivity index (χ2v) is 6.59. The predicted molar refractivity (Wildman–Crippen MR) is 84.2 cm³/mol. The Kier molecular flexibility index (Phi) is 5.73. The monoisotopic (exact) mass is 359 g/mol. The molecule has 0 aliphatic heterocycles. The molecule has 1 aliphatic carbocycles. The molecule has 2 atom stereocenters. The van der Waals surface area contributed by atoms with Gasteiger partial charge in [0.1, 0.15) is 5.75 Å². The van der Waals surface area contributed by atoms with Gasteiger partial charge in [-0.3, -0.25) is 4.79 Å². The average molecular weight is 361 g/mol. The number of carbonyl (C=O) groups excluding carboxylic acids is 1. The first kappa shape index (κ1) is 15.6. The Hall–Kier alpha value is -0.740. The zero-order valence-electron chi connectivity index (χ0n) is 11.5. The molecule has 0 spiro atoms. The number of amides is 1. The Morgan fingerprint density at radius 1 is 1.45 bits per heavy atom. The highest BCUT2D eigenvalue weighted by Gasteiger charge is 2.22. The highest BCUT2D eigenvalue weighted by molar-refractivity contribution is 9.10. The van der Waals surface area contributed by atoms with Crippen LogP contribution in [-0.2, 0) is 4.79 Å². The molecule has 1 amide bonds. The van der Waals surface area contributed by atoms with Gasteiger partial charge in [0.15, 0.2) is 6.61 Å². The van der Waals surface area contributed by atoms with Gasteiger partial charge in [-0.25, -0.2) is 0 Å². The molecule has 3 nitrogen and oxygen atoms in total. The minimum absolute atomic E-state index is 0.0312. The maximum absolute atomic E-state index is 11.9. The average Bonchev–Trinajstić information content (AvgIpc) is 2.40. The van der Waals surface area contributed by atoms with Crippen LogP contribution in [0, 0.1) is 5.92 Å². The fourth-order valence-corrected chi connectivity index (χ4v) is 3.31. The summed E-state index contributed by atoms with van der Waals surface area (Å²) in [5, 5.41) is 3.69. The van der Waals surface area contributed by atoms with Crippen molar-refractivity contribution in [2.45, 2.75) is 38.6 Å². The number of hydrogen-bond donors (Lipinski definition) is 1. The standard InChI is InChI=1S/C15H19BrClNO2/c1-10-4-2-3-5-13(10)18-15(19)9-20-14-7-6-11(17)8-12(14)16/h6-8,10,13H,2-5,9H2,1H3,(H,18,19)/t10-,13-/m1/s1. The van der Waals surface area contributed by atoms with Gasteiger partial charge in [-0.15, -0.1) is 0 Å². The van der Waals surface area contributed by atoms with E-state index in [2.05, 4.69) is 28.2 Å². The zero-order valence-corrected chi connectivity index (χ0v) is 13.8. The van der Waals surface area contributed by atoms with Crippen molar-refractivity contribution in [3.63, 3.8) is 0 Å². The van der Waals surface area contributed by atoms with Crippen LogP contribution in [0.5, 0.6) is 5.75 Å². The van der Waals surface area contributed by atoms with Crippen LogP contribution in [0.2, 0.25) is 5.02 Å². The van der Waals surface area contributed by atoms with Crippen LogP contribution >= 0.6 is 27.5 Å². The van der Waals surface area contributed by atoms with Crippen LogP contribution in [0.3, 0.4) is 0 Å². The SMILES string of the molecule is C[C@@H]1CCCC[C@H]1NC(=O)COc1ccc(Cl)cc1Br. The number of benzene rings is 1. The van der Waals surface area contributed by atoms with Crippen molar-refractivity contribution in [1.82, 2.24) is 5.32 Å². The summed E-state index contributed by atoms with van der Waals surface area (Å²) in [6, 6.07) is 5.53. The van der Waals surface area contributed by atoms with Crippen LogP contribution in [0.25, 0.3) is 0 Å². The molecule has 0 bridgehead atoms. The van der Waals surface area contributed by atoms with Crippen LogP contribution in [-0.4, -0.2) is 18.6 Å². The number of carbonyl (C=O) groups is 1. The van der Waals surface area contributed by atoms with E-state index in [1.165, 1.54) is 19.3 Å². The molecule has 20 heavy (non-hydrogen) atoms. The second-order valence-electron chi connectivity index (χ2n) is 5.30. The van der Waals surface area contributed by atoms with E-state index in [1.54, 1.807) is 18.2 Å². The van der Waals surface area contributed by atoms with E-state index >= 15 is 0 Å². The molecule has 1 N–H and O–H groups in total. The molecular formula is C15H19BrClNO2. The molecule has 5 heteroatoms. The van der Waals surface area contributed by atoms with Crippen LogP contribution in [0.4, 0.5) is 0 Å². The lowest BCUT2D eigenvalue weighted by atomic mass is 9.86. The summed E-state index contributed by atoms with van der Waals surface area (Å²) in [6.07, 6.45) is 4.71. The Balaban J connectivity index is 1.82. The summed E-state index contributed by atoms with van der Waals surface area (Å²) in [6.45, 7) is 2.23. The van der Waals surface area contributed by atoms with E-state index in [0.29, 0.717) is 16.7 Å². The summed E-state index contributed by atoms with van der Waals surface area (Å²) >= 11 is 9.22. The molecule has 1 fully saturated rings. The summed E-state index contributed by atoms with van der Waals surface area (Å²) < 4.78 is 6.27. The number of rotatable bonds is 4. The Labute approximate surface area is 133 Å². The highest BCUT2D eigenvalue weighted by atomic mass is 79.9. The minimum atomic E-state index is -0.0643. The van der Waals surface area contributed by atoms with E-state index in [9.17, 15) is 4.79 Å². The van der Waals surface area contributed by atoms with Crippen molar-refractivity contribution in [3.05, 3.63) is 27.7 Å². The fraction of sp³-hybridized carbons (Fsp3) is 0.533. The van der Waals surface area contributed by atoms with E-state index in [-0.39, 0.29) is 18.6 Å². The van der Waals surface area contributed by atoms with Crippen molar-refractivity contribution in [1.29, 1.82) is 0 Å². The van der Waals surface area contributed by atoms with Gasteiger partial charge in [0.25, 0.3) is 5.91 Å². The molecule has 0 aromatic heterocycles. The first-order valence-electron chi connectivity index (χ1n) is 6.93. The van der Waals surface area contributed by atoms with E-state index < -0.39 is 0 Å². The molecule has 0 heterocycles. The number of nitrogens with one attached hydrogen (secondary N) is 1. The molecule has 0 saturated heterocycles. The maximum Gasteiger partial charge on any atom is 0.258 e. The Bertz CT molecular complexity index is 481. The first-order chi connectivity index (χ1) is 9.56. The lowest BCUT2D eigenvalue weighted by Gasteiger charge is -2.29. The summed E-state index contributed by atoms with van der Waals surface area (Å²) in [7, 11) is 0. The first-order valence-corrected chi connectivity index (χ1v) is 8.10. The maximum atomic E-state index is 11.9. The van der Waals surface area contributed by atoms with Gasteiger partial charge in [0.2, 0.25) is 0 Å². The molecule has 1 aromatic carbocycles. The topological polar surface area (TPSA) is 38.3 Å². The van der Waals surface area contributed by atoms with Gasteiger partial charge in [0, 0.05) is 11.1 Å². The highest BCUT2D eigenvalue weighted by Crippen LogP contribution is 2.28. The third-order valence-electron chi connectivity index (χ3n) is 3.71. The van der Waals surface area contributed by atoms with E-state index in [1.807, 2.05) is 0 Å². The van der Waals surface area contributed by atoms with Crippen LogP contribution < -0.4 is 10.1 Å². The Morgan fingerprint density at radius 3 is 2.90 bits per heavy atom. The normalized spacial score (nSPS) is 22.4. The van der Waals surface area contributed by atoms with E-state index in [0.717, 1.165) is 10.9 Å². The quantitative estimate of drug-likeness (QED) is 0.875. The third kappa shape index (κ3) is 4.38. The van der Waals surface area contributed by atoms with E-state index in [4.69, 9.17) is 16.3 Å². The fourth-order valence-electron chi connectivity index (χ4n) is 2.51. The smallest absolute Gasteiger partial charge is 0.258 e. The largest absolute Gasteiger partial charge is 0.483 e. The number of ether oxygens (including phenoxy) is 1. The minimum Gasteiger partial charge on any atom is -0.483 e. The second kappa shape index (κ2) is 7.32. The van der Waals surface area contributed by atoms with Crippen LogP contribution in [0.1, 0.15) is 32.6 Å². The summed E-state index contributed by atoms with van der Waals surface area (Å²) in [5.74, 6) is 1.11. The molecule has 0 radical (unpaired) electrons. The van der Waals surface area contributed by atoms with Gasteiger partial charge in [0.05, 0.1) is 4.47 Å². The molecule has 1 aromatic rings. The zero-order chi connectivity index (χ0) is 14.5. The molecule has 1 aliphatic rings. The van der Waals surface area contributed by atoms with Gasteiger partial charge >= 0.3 is 0 Å². The Morgan fingerprint density at radius 2 is 2.20 bits per heavy atom. The molecule has 110 valence electrons. The number of hydrogen-bond acceptors (Lipinski definition) is 2. The van der Waals surface area contributed by atoms with Gasteiger partial charge < -0.3 is 10.1 Å². The van der Waals surface area contributed by atoms with Crippen molar-refractivity contribution in [2.75, 3.05) is 6.61 Å². The predicted octanol–water partition coefficient (Wildman–Crippen LogP) is 4.18. The lowest BCUT2D eigenvalue weighted by molar-refractivity contribution is -0.124. The van der Waals surface area contributed by atoms with Crippen molar-refractivity contribution in [3.8, 4) is 5.75 Å². The van der Waals surface area contributed by atoms with Crippen molar-refractivity contribution < 1.29 is 9.53 Å². The molecule has 1 saturated carbocycles. The number of halogens is 2. The van der Waals surface area contributed by atoms with Crippen molar-refractivity contribution >= 4 is 33.4 Å². The van der Waals surface area contributed by atoms with Gasteiger partial charge in [-0.05, 0) is 52.9 Å². The lowest BCUT2D eigenvalue weighted by Crippen LogP contribution is -2.43. The van der Waals surface area contributed by atoms with Crippen molar-refractivity contribution in [2.24, 2.45) is 5.92 Å². The molecular weight excluding hydrogens is 342 g/mol. The van der Waals surface area contributed by atoms with Crippen LogP contribution in [0.15, 0.2) is 22.7 Å².